The van der Waals surface area contributed by atoms with Gasteiger partial charge >= 0.3 is 0 Å². The van der Waals surface area contributed by atoms with Gasteiger partial charge in [-0.25, -0.2) is 4.68 Å². The smallest absolute Gasteiger partial charge is 0.284 e. The van der Waals surface area contributed by atoms with Crippen molar-refractivity contribution in [2.75, 3.05) is 6.61 Å². The van der Waals surface area contributed by atoms with Crippen LogP contribution in [0.5, 0.6) is 5.75 Å². The average molecular weight is 335 g/mol. The first kappa shape index (κ1) is 17.5. The number of rotatable bonds is 7. The van der Waals surface area contributed by atoms with Crippen molar-refractivity contribution in [3.05, 3.63) is 46.2 Å². The number of benzene rings is 1. The minimum atomic E-state index is -0.165. The fourth-order valence-electron chi connectivity index (χ4n) is 2.57. The molecule has 0 saturated carbocycles. The van der Waals surface area contributed by atoms with Gasteiger partial charge < -0.3 is 4.74 Å². The van der Waals surface area contributed by atoms with Gasteiger partial charge in [-0.3, -0.25) is 4.79 Å². The summed E-state index contributed by atoms with van der Waals surface area (Å²) in [7, 11) is 0. The third-order valence-corrected chi connectivity index (χ3v) is 4.14. The molecule has 2 aromatic rings. The van der Waals surface area contributed by atoms with E-state index >= 15 is 0 Å². The van der Waals surface area contributed by atoms with E-state index in [2.05, 4.69) is 12.0 Å². The molecule has 5 heteroatoms. The van der Waals surface area contributed by atoms with E-state index in [1.165, 1.54) is 23.1 Å². The summed E-state index contributed by atoms with van der Waals surface area (Å²) in [6, 6.07) is 6.95. The SMILES string of the molecule is CCCCCc1c(C)nn(C(=O)COc2ccc(Cl)cc2)c1C. The molecule has 0 saturated heterocycles. The highest BCUT2D eigenvalue weighted by Gasteiger charge is 2.16. The van der Waals surface area contributed by atoms with Crippen LogP contribution in [0.4, 0.5) is 0 Å². The van der Waals surface area contributed by atoms with Gasteiger partial charge in [0.1, 0.15) is 5.75 Å². The van der Waals surface area contributed by atoms with Crippen LogP contribution in [0, 0.1) is 13.8 Å². The van der Waals surface area contributed by atoms with Crippen LogP contribution in [-0.2, 0) is 6.42 Å². The Bertz CT molecular complexity index is 662. The summed E-state index contributed by atoms with van der Waals surface area (Å²) < 4.78 is 6.98. The molecule has 4 nitrogen and oxygen atoms in total. The molecule has 0 bridgehead atoms. The molecule has 0 aliphatic heterocycles. The molecule has 0 atom stereocenters. The minimum absolute atomic E-state index is 0.0437. The van der Waals surface area contributed by atoms with Crippen LogP contribution in [0.3, 0.4) is 0 Å². The van der Waals surface area contributed by atoms with E-state index in [4.69, 9.17) is 16.3 Å². The molecule has 0 aliphatic rings. The lowest BCUT2D eigenvalue weighted by molar-refractivity contribution is 0.0818. The van der Waals surface area contributed by atoms with Crippen molar-refractivity contribution in [1.82, 2.24) is 9.78 Å². The van der Waals surface area contributed by atoms with E-state index < -0.39 is 0 Å². The number of aromatic nitrogens is 2. The zero-order valence-corrected chi connectivity index (χ0v) is 14.7. The third-order valence-electron chi connectivity index (χ3n) is 3.88. The number of unbranched alkanes of at least 4 members (excludes halogenated alkanes) is 2. The van der Waals surface area contributed by atoms with Gasteiger partial charge in [0.15, 0.2) is 6.61 Å². The van der Waals surface area contributed by atoms with Gasteiger partial charge in [-0.1, -0.05) is 31.4 Å². The Labute approximate surface area is 142 Å². The van der Waals surface area contributed by atoms with Gasteiger partial charge in [0.2, 0.25) is 0 Å². The Balaban J connectivity index is 2.01. The summed E-state index contributed by atoms with van der Waals surface area (Å²) in [5.41, 5.74) is 3.03. The molecule has 23 heavy (non-hydrogen) atoms. The normalized spacial score (nSPS) is 10.8. The molecular weight excluding hydrogens is 312 g/mol. The van der Waals surface area contributed by atoms with Gasteiger partial charge in [0.05, 0.1) is 5.69 Å². The number of ether oxygens (including phenoxy) is 1. The number of aryl methyl sites for hydroxylation is 1. The first-order valence-electron chi connectivity index (χ1n) is 7.99. The van der Waals surface area contributed by atoms with Crippen molar-refractivity contribution in [3.8, 4) is 5.75 Å². The van der Waals surface area contributed by atoms with Crippen LogP contribution in [-0.4, -0.2) is 22.3 Å². The van der Waals surface area contributed by atoms with E-state index in [9.17, 15) is 4.79 Å². The molecule has 0 fully saturated rings. The van der Waals surface area contributed by atoms with E-state index in [1.807, 2.05) is 13.8 Å². The predicted octanol–water partition coefficient (Wildman–Crippen LogP) is 4.61. The maximum atomic E-state index is 12.4. The molecule has 1 aromatic carbocycles. The molecule has 0 unspecified atom stereocenters. The van der Waals surface area contributed by atoms with E-state index in [-0.39, 0.29) is 12.5 Å². The van der Waals surface area contributed by atoms with Gasteiger partial charge in [-0.15, -0.1) is 0 Å². The second kappa shape index (κ2) is 8.16. The Kier molecular flexibility index (Phi) is 6.22. The summed E-state index contributed by atoms with van der Waals surface area (Å²) >= 11 is 5.83. The van der Waals surface area contributed by atoms with Crippen LogP contribution in [0.1, 0.15) is 47.9 Å². The maximum absolute atomic E-state index is 12.4. The lowest BCUT2D eigenvalue weighted by Gasteiger charge is -2.07. The number of hydrogen-bond donors (Lipinski definition) is 0. The highest BCUT2D eigenvalue weighted by molar-refractivity contribution is 6.30. The molecule has 2 rings (SSSR count). The summed E-state index contributed by atoms with van der Waals surface area (Å²) in [5, 5.41) is 5.02. The highest BCUT2D eigenvalue weighted by atomic mass is 35.5. The quantitative estimate of drug-likeness (QED) is 0.695. The maximum Gasteiger partial charge on any atom is 0.284 e. The Morgan fingerprint density at radius 3 is 2.57 bits per heavy atom. The van der Waals surface area contributed by atoms with E-state index in [0.29, 0.717) is 10.8 Å². The second-order valence-corrected chi connectivity index (χ2v) is 6.09. The van der Waals surface area contributed by atoms with Crippen molar-refractivity contribution < 1.29 is 9.53 Å². The first-order chi connectivity index (χ1) is 11.0. The van der Waals surface area contributed by atoms with Gasteiger partial charge in [-0.2, -0.15) is 5.10 Å². The van der Waals surface area contributed by atoms with Crippen molar-refractivity contribution in [3.63, 3.8) is 0 Å². The fraction of sp³-hybridized carbons (Fsp3) is 0.444. The van der Waals surface area contributed by atoms with Gasteiger partial charge in [0.25, 0.3) is 5.91 Å². The number of nitrogens with zero attached hydrogens (tertiary/aromatic N) is 2. The molecule has 0 N–H and O–H groups in total. The fourth-order valence-corrected chi connectivity index (χ4v) is 2.69. The van der Waals surface area contributed by atoms with Crippen molar-refractivity contribution in [2.45, 2.75) is 46.5 Å². The van der Waals surface area contributed by atoms with Crippen molar-refractivity contribution in [1.29, 1.82) is 0 Å². The van der Waals surface area contributed by atoms with Crippen LogP contribution >= 0.6 is 11.6 Å². The number of carbonyl (C=O) groups is 1. The standard InChI is InChI=1S/C18H23ClN2O2/c1-4-5-6-7-17-13(2)20-21(14(17)3)18(22)12-23-16-10-8-15(19)9-11-16/h8-11H,4-7,12H2,1-3H3. The summed E-state index contributed by atoms with van der Waals surface area (Å²) in [4.78, 5) is 12.4. The average Bonchev–Trinajstić information content (AvgIpc) is 2.82. The number of hydrogen-bond acceptors (Lipinski definition) is 3. The van der Waals surface area contributed by atoms with Crippen LogP contribution in [0.15, 0.2) is 24.3 Å². The van der Waals surface area contributed by atoms with Gasteiger partial charge in [0, 0.05) is 10.7 Å². The third kappa shape index (κ3) is 4.58. The molecule has 1 aromatic heterocycles. The number of halogens is 1. The Morgan fingerprint density at radius 1 is 1.22 bits per heavy atom. The van der Waals surface area contributed by atoms with Crippen molar-refractivity contribution >= 4 is 17.5 Å². The molecule has 0 spiro atoms. The summed E-state index contributed by atoms with van der Waals surface area (Å²) in [6.07, 6.45) is 4.47. The monoisotopic (exact) mass is 334 g/mol. The Hall–Kier alpha value is -1.81. The highest BCUT2D eigenvalue weighted by Crippen LogP contribution is 2.18. The van der Waals surface area contributed by atoms with Crippen LogP contribution in [0.2, 0.25) is 5.02 Å². The molecule has 0 aliphatic carbocycles. The molecule has 1 heterocycles. The predicted molar refractivity (Wildman–Crippen MR) is 92.5 cm³/mol. The Morgan fingerprint density at radius 2 is 1.91 bits per heavy atom. The number of carbonyl (C=O) groups excluding carboxylic acids is 1. The largest absolute Gasteiger partial charge is 0.484 e. The molecule has 0 amide bonds. The zero-order valence-electron chi connectivity index (χ0n) is 13.9. The topological polar surface area (TPSA) is 44.1 Å². The molecule has 0 radical (unpaired) electrons. The lowest BCUT2D eigenvalue weighted by atomic mass is 10.1. The van der Waals surface area contributed by atoms with E-state index in [0.717, 1.165) is 24.2 Å². The lowest BCUT2D eigenvalue weighted by Crippen LogP contribution is -2.21. The van der Waals surface area contributed by atoms with E-state index in [1.54, 1.807) is 24.3 Å². The molecule has 124 valence electrons. The van der Waals surface area contributed by atoms with Crippen LogP contribution < -0.4 is 4.74 Å². The summed E-state index contributed by atoms with van der Waals surface area (Å²) in [5.74, 6) is 0.453. The second-order valence-electron chi connectivity index (χ2n) is 5.65. The van der Waals surface area contributed by atoms with Crippen LogP contribution in [0.25, 0.3) is 0 Å². The minimum Gasteiger partial charge on any atom is -0.484 e. The molecular formula is C18H23ClN2O2. The summed E-state index contributed by atoms with van der Waals surface area (Å²) in [6.45, 7) is 6.04. The zero-order chi connectivity index (χ0) is 16.8. The van der Waals surface area contributed by atoms with Crippen molar-refractivity contribution in [2.24, 2.45) is 0 Å². The van der Waals surface area contributed by atoms with Gasteiger partial charge in [-0.05, 0) is 56.5 Å². The first-order valence-corrected chi connectivity index (χ1v) is 8.37.